The molecule has 0 spiro atoms. The van der Waals surface area contributed by atoms with Crippen LogP contribution >= 0.6 is 11.6 Å². The molecule has 5 nitrogen and oxygen atoms in total. The van der Waals surface area contributed by atoms with Crippen LogP contribution in [0.1, 0.15) is 21.5 Å². The summed E-state index contributed by atoms with van der Waals surface area (Å²) in [4.78, 5) is 12.2. The van der Waals surface area contributed by atoms with Crippen molar-refractivity contribution < 1.29 is 13.2 Å². The number of hydrogen-bond acceptors (Lipinski definition) is 3. The molecule has 0 atom stereocenters. The van der Waals surface area contributed by atoms with Crippen LogP contribution in [0.15, 0.2) is 47.4 Å². The Bertz CT molecular complexity index is 833. The first-order valence-electron chi connectivity index (χ1n) is 7.40. The van der Waals surface area contributed by atoms with Crippen LogP contribution in [-0.2, 0) is 10.0 Å². The molecule has 2 aromatic carbocycles. The lowest BCUT2D eigenvalue weighted by atomic mass is 10.2. The van der Waals surface area contributed by atoms with E-state index in [1.165, 1.54) is 0 Å². The van der Waals surface area contributed by atoms with Gasteiger partial charge in [-0.15, -0.1) is 0 Å². The second-order valence-electron chi connectivity index (χ2n) is 5.43. The van der Waals surface area contributed by atoms with Crippen LogP contribution in [0.25, 0.3) is 0 Å². The van der Waals surface area contributed by atoms with Crippen molar-refractivity contribution in [3.05, 3.63) is 64.2 Å². The van der Waals surface area contributed by atoms with Crippen LogP contribution in [-0.4, -0.2) is 27.4 Å². The maximum atomic E-state index is 12.3. The van der Waals surface area contributed by atoms with Gasteiger partial charge in [0.2, 0.25) is 10.0 Å². The van der Waals surface area contributed by atoms with Crippen molar-refractivity contribution in [1.82, 2.24) is 10.0 Å². The lowest BCUT2D eigenvalue weighted by molar-refractivity contribution is 0.0954. The molecule has 0 aliphatic heterocycles. The van der Waals surface area contributed by atoms with Crippen LogP contribution in [0.3, 0.4) is 0 Å². The van der Waals surface area contributed by atoms with Crippen molar-refractivity contribution in [3.8, 4) is 0 Å². The van der Waals surface area contributed by atoms with Crippen molar-refractivity contribution in [2.45, 2.75) is 18.7 Å². The van der Waals surface area contributed by atoms with Crippen LogP contribution in [0.4, 0.5) is 0 Å². The largest absolute Gasteiger partial charge is 0.351 e. The van der Waals surface area contributed by atoms with Gasteiger partial charge in [0, 0.05) is 23.7 Å². The highest BCUT2D eigenvalue weighted by Crippen LogP contribution is 2.16. The SMILES string of the molecule is Cc1ccc(S(=O)(=O)NCCNC(=O)c2ccc(Cl)cc2)c(C)c1. The minimum absolute atomic E-state index is 0.106. The highest BCUT2D eigenvalue weighted by molar-refractivity contribution is 7.89. The first-order chi connectivity index (χ1) is 11.3. The number of aryl methyl sites for hydroxylation is 2. The molecule has 0 unspecified atom stereocenters. The van der Waals surface area contributed by atoms with Gasteiger partial charge < -0.3 is 5.32 Å². The standard InChI is InChI=1S/C17H19ClN2O3S/c1-12-3-8-16(13(2)11-12)24(22,23)20-10-9-19-17(21)14-4-6-15(18)7-5-14/h3-8,11,20H,9-10H2,1-2H3,(H,19,21). The highest BCUT2D eigenvalue weighted by atomic mass is 35.5. The fraction of sp³-hybridized carbons (Fsp3) is 0.235. The topological polar surface area (TPSA) is 75.3 Å². The summed E-state index contributed by atoms with van der Waals surface area (Å²) in [5.74, 6) is -0.280. The molecule has 1 amide bonds. The lowest BCUT2D eigenvalue weighted by Gasteiger charge is -2.10. The first kappa shape index (κ1) is 18.4. The molecule has 0 heterocycles. The van der Waals surface area contributed by atoms with Crippen molar-refractivity contribution >= 4 is 27.5 Å². The van der Waals surface area contributed by atoms with Crippen molar-refractivity contribution in [2.75, 3.05) is 13.1 Å². The minimum atomic E-state index is -3.59. The number of amides is 1. The van der Waals surface area contributed by atoms with Crippen molar-refractivity contribution in [2.24, 2.45) is 0 Å². The summed E-state index contributed by atoms with van der Waals surface area (Å²) in [5, 5.41) is 3.21. The van der Waals surface area contributed by atoms with E-state index in [0.29, 0.717) is 16.1 Å². The molecular formula is C17H19ClN2O3S. The summed E-state index contributed by atoms with van der Waals surface area (Å²) >= 11 is 5.77. The van der Waals surface area contributed by atoms with Crippen molar-refractivity contribution in [3.63, 3.8) is 0 Å². The molecule has 0 saturated carbocycles. The fourth-order valence-electron chi connectivity index (χ4n) is 2.24. The zero-order valence-electron chi connectivity index (χ0n) is 13.5. The number of halogens is 1. The summed E-state index contributed by atoms with van der Waals surface area (Å²) < 4.78 is 27.0. The zero-order chi connectivity index (χ0) is 17.7. The van der Waals surface area contributed by atoms with Crippen LogP contribution in [0.2, 0.25) is 5.02 Å². The Balaban J connectivity index is 1.89. The quantitative estimate of drug-likeness (QED) is 0.772. The van der Waals surface area contributed by atoms with E-state index in [1.807, 2.05) is 13.0 Å². The van der Waals surface area contributed by atoms with Crippen LogP contribution in [0, 0.1) is 13.8 Å². The number of rotatable bonds is 6. The number of nitrogens with one attached hydrogen (secondary N) is 2. The van der Waals surface area contributed by atoms with Crippen LogP contribution < -0.4 is 10.0 Å². The molecule has 0 bridgehead atoms. The van der Waals surface area contributed by atoms with E-state index in [4.69, 9.17) is 11.6 Å². The predicted octanol–water partition coefficient (Wildman–Crippen LogP) is 2.67. The van der Waals surface area contributed by atoms with Gasteiger partial charge in [0.25, 0.3) is 5.91 Å². The Morgan fingerprint density at radius 2 is 1.71 bits per heavy atom. The number of hydrogen-bond donors (Lipinski definition) is 2. The predicted molar refractivity (Wildman–Crippen MR) is 94.9 cm³/mol. The third-order valence-electron chi connectivity index (χ3n) is 3.43. The Morgan fingerprint density at radius 3 is 2.33 bits per heavy atom. The first-order valence-corrected chi connectivity index (χ1v) is 9.26. The van der Waals surface area contributed by atoms with Gasteiger partial charge in [-0.3, -0.25) is 4.79 Å². The smallest absolute Gasteiger partial charge is 0.251 e. The molecule has 2 aromatic rings. The van der Waals surface area contributed by atoms with Gasteiger partial charge in [-0.2, -0.15) is 0 Å². The van der Waals surface area contributed by atoms with Gasteiger partial charge in [-0.25, -0.2) is 13.1 Å². The average Bonchev–Trinajstić information content (AvgIpc) is 2.51. The molecule has 0 fully saturated rings. The fourth-order valence-corrected chi connectivity index (χ4v) is 3.63. The van der Waals surface area contributed by atoms with E-state index < -0.39 is 10.0 Å². The van der Waals surface area contributed by atoms with E-state index in [0.717, 1.165) is 5.56 Å². The number of carbonyl (C=O) groups is 1. The molecule has 128 valence electrons. The molecule has 0 aromatic heterocycles. The summed E-state index contributed by atoms with van der Waals surface area (Å²) in [5.41, 5.74) is 2.16. The van der Waals surface area contributed by atoms with Gasteiger partial charge in [0.15, 0.2) is 0 Å². The molecule has 0 saturated heterocycles. The zero-order valence-corrected chi connectivity index (χ0v) is 15.0. The van der Waals surface area contributed by atoms with Crippen LogP contribution in [0.5, 0.6) is 0 Å². The highest BCUT2D eigenvalue weighted by Gasteiger charge is 2.16. The molecule has 0 aliphatic carbocycles. The second kappa shape index (κ2) is 7.79. The average molecular weight is 367 g/mol. The van der Waals surface area contributed by atoms with Gasteiger partial charge >= 0.3 is 0 Å². The van der Waals surface area contributed by atoms with Gasteiger partial charge in [-0.05, 0) is 49.7 Å². The van der Waals surface area contributed by atoms with E-state index in [2.05, 4.69) is 10.0 Å². The van der Waals surface area contributed by atoms with E-state index in [1.54, 1.807) is 43.3 Å². The monoisotopic (exact) mass is 366 g/mol. The van der Waals surface area contributed by atoms with Gasteiger partial charge in [0.05, 0.1) is 4.90 Å². The summed E-state index contributed by atoms with van der Waals surface area (Å²) in [6.45, 7) is 3.95. The summed E-state index contributed by atoms with van der Waals surface area (Å²) in [6, 6.07) is 11.6. The number of carbonyl (C=O) groups excluding carboxylic acids is 1. The normalized spacial score (nSPS) is 11.3. The van der Waals surface area contributed by atoms with E-state index >= 15 is 0 Å². The summed E-state index contributed by atoms with van der Waals surface area (Å²) in [6.07, 6.45) is 0. The molecule has 0 aliphatic rings. The maximum Gasteiger partial charge on any atom is 0.251 e. The Morgan fingerprint density at radius 1 is 1.04 bits per heavy atom. The Hall–Kier alpha value is -1.89. The Kier molecular flexibility index (Phi) is 5.99. The minimum Gasteiger partial charge on any atom is -0.351 e. The molecule has 7 heteroatoms. The molecule has 2 N–H and O–H groups in total. The maximum absolute atomic E-state index is 12.3. The van der Waals surface area contributed by atoms with E-state index in [9.17, 15) is 13.2 Å². The lowest BCUT2D eigenvalue weighted by Crippen LogP contribution is -2.34. The second-order valence-corrected chi connectivity index (χ2v) is 7.60. The molecule has 0 radical (unpaired) electrons. The Labute approximate surface area is 147 Å². The number of sulfonamides is 1. The van der Waals surface area contributed by atoms with E-state index in [-0.39, 0.29) is 23.9 Å². The van der Waals surface area contributed by atoms with Gasteiger partial charge in [-0.1, -0.05) is 29.3 Å². The molecular weight excluding hydrogens is 348 g/mol. The molecule has 2 rings (SSSR count). The third kappa shape index (κ3) is 4.80. The van der Waals surface area contributed by atoms with Gasteiger partial charge in [0.1, 0.15) is 0 Å². The summed E-state index contributed by atoms with van der Waals surface area (Å²) in [7, 11) is -3.59. The third-order valence-corrected chi connectivity index (χ3v) is 5.30. The number of benzene rings is 2. The molecule has 24 heavy (non-hydrogen) atoms. The van der Waals surface area contributed by atoms with Crippen molar-refractivity contribution in [1.29, 1.82) is 0 Å².